The van der Waals surface area contributed by atoms with Crippen molar-refractivity contribution in [3.05, 3.63) is 58.6 Å². The number of hydrogen-bond acceptors (Lipinski definition) is 3. The van der Waals surface area contributed by atoms with Crippen LogP contribution in [0.15, 0.2) is 42.5 Å². The number of anilines is 2. The molecule has 3 rings (SSSR count). The topological polar surface area (TPSA) is 42.3 Å². The molecule has 25 heavy (non-hydrogen) atoms. The zero-order chi connectivity index (χ0) is 17.8. The van der Waals surface area contributed by atoms with Gasteiger partial charge in [0.25, 0.3) is 0 Å². The van der Waals surface area contributed by atoms with Crippen molar-refractivity contribution in [1.29, 1.82) is 5.26 Å². The summed E-state index contributed by atoms with van der Waals surface area (Å²) in [7, 11) is 0. The quantitative estimate of drug-likeness (QED) is 0.808. The highest BCUT2D eigenvalue weighted by molar-refractivity contribution is 7.80. The van der Waals surface area contributed by atoms with E-state index in [2.05, 4.69) is 21.2 Å². The van der Waals surface area contributed by atoms with Gasteiger partial charge in [0.1, 0.15) is 6.07 Å². The van der Waals surface area contributed by atoms with Gasteiger partial charge in [-0.15, -0.1) is 0 Å². The van der Waals surface area contributed by atoms with Gasteiger partial charge < -0.3 is 15.1 Å². The van der Waals surface area contributed by atoms with Gasteiger partial charge in [-0.05, 0) is 55.0 Å². The fourth-order valence-corrected chi connectivity index (χ4v) is 3.48. The molecule has 4 nitrogen and oxygen atoms in total. The molecule has 0 radical (unpaired) electrons. The van der Waals surface area contributed by atoms with Gasteiger partial charge in [-0.25, -0.2) is 0 Å². The second-order valence-corrected chi connectivity index (χ2v) is 6.82. The first-order valence-corrected chi connectivity index (χ1v) is 8.93. The van der Waals surface area contributed by atoms with Crippen molar-refractivity contribution in [3.63, 3.8) is 0 Å². The summed E-state index contributed by atoms with van der Waals surface area (Å²) < 4.78 is 0. The minimum atomic E-state index is 0.716. The number of nitrogens with zero attached hydrogens (tertiary/aromatic N) is 3. The fraction of sp³-hybridized carbons (Fsp3) is 0.263. The normalized spacial score (nSPS) is 14.1. The van der Waals surface area contributed by atoms with Crippen LogP contribution in [-0.4, -0.2) is 36.2 Å². The number of nitrogens with one attached hydrogen (secondary N) is 1. The maximum Gasteiger partial charge on any atom is 0.173 e. The summed E-state index contributed by atoms with van der Waals surface area (Å²) in [6, 6.07) is 15.7. The van der Waals surface area contributed by atoms with Gasteiger partial charge >= 0.3 is 0 Å². The van der Waals surface area contributed by atoms with Gasteiger partial charge in [-0.1, -0.05) is 23.7 Å². The van der Waals surface area contributed by atoms with Gasteiger partial charge in [0.05, 0.1) is 11.3 Å². The number of rotatable bonds is 2. The number of para-hydroxylation sites is 1. The molecule has 1 heterocycles. The molecular formula is C19H19ClN4S. The monoisotopic (exact) mass is 370 g/mol. The first-order valence-electron chi connectivity index (χ1n) is 8.14. The van der Waals surface area contributed by atoms with Crippen LogP contribution < -0.4 is 10.2 Å². The summed E-state index contributed by atoms with van der Waals surface area (Å²) in [4.78, 5) is 4.40. The largest absolute Gasteiger partial charge is 0.367 e. The van der Waals surface area contributed by atoms with Crippen molar-refractivity contribution in [2.24, 2.45) is 0 Å². The van der Waals surface area contributed by atoms with Crippen LogP contribution in [0.5, 0.6) is 0 Å². The zero-order valence-corrected chi connectivity index (χ0v) is 15.6. The Hall–Kier alpha value is -2.29. The summed E-state index contributed by atoms with van der Waals surface area (Å²) >= 11 is 11.6. The first-order chi connectivity index (χ1) is 12.1. The van der Waals surface area contributed by atoms with Gasteiger partial charge in [-0.3, -0.25) is 0 Å². The Labute approximate surface area is 158 Å². The van der Waals surface area contributed by atoms with Crippen molar-refractivity contribution >= 4 is 40.3 Å². The maximum atomic E-state index is 9.27. The molecule has 2 aromatic rings. The molecule has 1 aliphatic rings. The number of aryl methyl sites for hydroxylation is 1. The van der Waals surface area contributed by atoms with Crippen LogP contribution in [0.3, 0.4) is 0 Å². The molecule has 0 amide bonds. The molecule has 1 aliphatic heterocycles. The van der Waals surface area contributed by atoms with E-state index in [1.54, 1.807) is 0 Å². The summed E-state index contributed by atoms with van der Waals surface area (Å²) in [6.07, 6.45) is 0. The molecular weight excluding hydrogens is 352 g/mol. The van der Waals surface area contributed by atoms with Crippen LogP contribution in [-0.2, 0) is 0 Å². The molecule has 1 saturated heterocycles. The lowest BCUT2D eigenvalue weighted by atomic mass is 10.1. The number of halogens is 1. The van der Waals surface area contributed by atoms with Gasteiger partial charge in [0, 0.05) is 36.9 Å². The van der Waals surface area contributed by atoms with E-state index in [0.717, 1.165) is 53.3 Å². The fourth-order valence-electron chi connectivity index (χ4n) is 2.96. The van der Waals surface area contributed by atoms with E-state index >= 15 is 0 Å². The Kier molecular flexibility index (Phi) is 5.42. The smallest absolute Gasteiger partial charge is 0.173 e. The molecule has 0 saturated carbocycles. The molecule has 6 heteroatoms. The van der Waals surface area contributed by atoms with E-state index < -0.39 is 0 Å². The van der Waals surface area contributed by atoms with E-state index in [1.807, 2.05) is 49.4 Å². The summed E-state index contributed by atoms with van der Waals surface area (Å²) in [5.74, 6) is 0. The molecule has 128 valence electrons. The molecule has 0 aliphatic carbocycles. The predicted molar refractivity (Wildman–Crippen MR) is 107 cm³/mol. The Morgan fingerprint density at radius 3 is 2.56 bits per heavy atom. The van der Waals surface area contributed by atoms with E-state index in [4.69, 9.17) is 23.8 Å². The Morgan fingerprint density at radius 1 is 1.16 bits per heavy atom. The van der Waals surface area contributed by atoms with Crippen molar-refractivity contribution in [1.82, 2.24) is 4.90 Å². The maximum absolute atomic E-state index is 9.27. The third kappa shape index (κ3) is 4.04. The molecule has 0 atom stereocenters. The highest BCUT2D eigenvalue weighted by Gasteiger charge is 2.21. The number of nitriles is 1. The van der Waals surface area contributed by atoms with Crippen molar-refractivity contribution in [2.45, 2.75) is 6.92 Å². The van der Waals surface area contributed by atoms with E-state index in [-0.39, 0.29) is 0 Å². The molecule has 0 aromatic heterocycles. The number of benzene rings is 2. The van der Waals surface area contributed by atoms with Crippen molar-refractivity contribution in [2.75, 3.05) is 36.4 Å². The third-order valence-corrected chi connectivity index (χ3v) is 4.96. The van der Waals surface area contributed by atoms with Crippen molar-refractivity contribution in [3.8, 4) is 6.07 Å². The highest BCUT2D eigenvalue weighted by atomic mass is 35.5. The molecule has 0 unspecified atom stereocenters. The van der Waals surface area contributed by atoms with Crippen LogP contribution >= 0.6 is 23.8 Å². The van der Waals surface area contributed by atoms with Crippen LogP contribution in [0.2, 0.25) is 5.02 Å². The van der Waals surface area contributed by atoms with Gasteiger partial charge in [0.2, 0.25) is 0 Å². The zero-order valence-electron chi connectivity index (χ0n) is 14.0. The van der Waals surface area contributed by atoms with E-state index in [0.29, 0.717) is 5.56 Å². The Bertz CT molecular complexity index is 822. The van der Waals surface area contributed by atoms with Crippen LogP contribution in [0.4, 0.5) is 11.4 Å². The van der Waals surface area contributed by atoms with E-state index in [9.17, 15) is 5.26 Å². The summed E-state index contributed by atoms with van der Waals surface area (Å²) in [5.41, 5.74) is 3.76. The number of hydrogen-bond donors (Lipinski definition) is 1. The lowest BCUT2D eigenvalue weighted by Gasteiger charge is -2.37. The van der Waals surface area contributed by atoms with Crippen molar-refractivity contribution < 1.29 is 0 Å². The van der Waals surface area contributed by atoms with Crippen LogP contribution in [0.25, 0.3) is 0 Å². The van der Waals surface area contributed by atoms with E-state index in [1.165, 1.54) is 0 Å². The van der Waals surface area contributed by atoms with Gasteiger partial charge in [0.15, 0.2) is 5.11 Å². The Morgan fingerprint density at radius 2 is 1.88 bits per heavy atom. The molecule has 1 fully saturated rings. The molecule has 2 aromatic carbocycles. The molecule has 0 spiro atoms. The SMILES string of the molecule is Cc1cc(Cl)ccc1NC(=S)N1CCN(c2ccccc2C#N)CC1. The third-order valence-electron chi connectivity index (χ3n) is 4.36. The summed E-state index contributed by atoms with van der Waals surface area (Å²) in [5, 5.41) is 14.0. The predicted octanol–water partition coefficient (Wildman–Crippen LogP) is 4.04. The highest BCUT2D eigenvalue weighted by Crippen LogP contribution is 2.22. The first kappa shape index (κ1) is 17.5. The average Bonchev–Trinajstić information content (AvgIpc) is 2.64. The summed E-state index contributed by atoms with van der Waals surface area (Å²) in [6.45, 7) is 5.31. The number of piperazine rings is 1. The lowest BCUT2D eigenvalue weighted by molar-refractivity contribution is 0.391. The minimum Gasteiger partial charge on any atom is -0.367 e. The standard InChI is InChI=1S/C19H19ClN4S/c1-14-12-16(20)6-7-17(14)22-19(25)24-10-8-23(9-11-24)18-5-3-2-4-15(18)13-21/h2-7,12H,8-11H2,1H3,(H,22,25). The molecule has 1 N–H and O–H groups in total. The number of thiocarbonyl (C=S) groups is 1. The van der Waals surface area contributed by atoms with Crippen LogP contribution in [0, 0.1) is 18.3 Å². The lowest BCUT2D eigenvalue weighted by Crippen LogP contribution is -2.50. The molecule has 0 bridgehead atoms. The average molecular weight is 371 g/mol. The second kappa shape index (κ2) is 7.73. The Balaban J connectivity index is 1.62. The van der Waals surface area contributed by atoms with Gasteiger partial charge in [-0.2, -0.15) is 5.26 Å². The minimum absolute atomic E-state index is 0.716. The second-order valence-electron chi connectivity index (χ2n) is 5.99. The van der Waals surface area contributed by atoms with Crippen LogP contribution in [0.1, 0.15) is 11.1 Å².